The summed E-state index contributed by atoms with van der Waals surface area (Å²) in [4.78, 5) is 0. The zero-order chi connectivity index (χ0) is 33.5. The quantitative estimate of drug-likeness (QED) is 0.186. The fourth-order valence-electron chi connectivity index (χ4n) is 8.49. The SMILES string of the molecule is C1=Cc2c(c3cc(-c4ccc5oc6c(-c7cccc(-n8c9ccccc9c9ccccc98)c7)cccc6c5c4)ccc3n2-c2ccccc2)CC1. The molecule has 0 bridgehead atoms. The van der Waals surface area contributed by atoms with Gasteiger partial charge < -0.3 is 13.6 Å². The van der Waals surface area contributed by atoms with Crippen LogP contribution in [0.3, 0.4) is 0 Å². The molecule has 0 aliphatic heterocycles. The molecule has 51 heavy (non-hydrogen) atoms. The lowest BCUT2D eigenvalue weighted by Gasteiger charge is -2.11. The van der Waals surface area contributed by atoms with Crippen molar-refractivity contribution in [2.75, 3.05) is 0 Å². The van der Waals surface area contributed by atoms with Gasteiger partial charge in [0.2, 0.25) is 0 Å². The molecule has 3 heterocycles. The van der Waals surface area contributed by atoms with Gasteiger partial charge >= 0.3 is 0 Å². The third-order valence-corrected chi connectivity index (χ3v) is 10.8. The molecule has 3 aromatic heterocycles. The molecule has 7 aromatic carbocycles. The molecular weight excluding hydrogens is 621 g/mol. The highest BCUT2D eigenvalue weighted by Crippen LogP contribution is 2.41. The highest BCUT2D eigenvalue weighted by Gasteiger charge is 2.20. The van der Waals surface area contributed by atoms with Gasteiger partial charge in [0.25, 0.3) is 0 Å². The van der Waals surface area contributed by atoms with Crippen molar-refractivity contribution in [1.82, 2.24) is 9.13 Å². The Hall–Kier alpha value is -6.58. The largest absolute Gasteiger partial charge is 0.455 e. The first-order valence-corrected chi connectivity index (χ1v) is 17.7. The zero-order valence-electron chi connectivity index (χ0n) is 27.9. The van der Waals surface area contributed by atoms with Gasteiger partial charge in [-0.15, -0.1) is 0 Å². The Morgan fingerprint density at radius 1 is 0.451 bits per heavy atom. The predicted octanol–water partition coefficient (Wildman–Crippen LogP) is 12.9. The molecule has 1 aliphatic carbocycles. The molecule has 0 unspecified atom stereocenters. The highest BCUT2D eigenvalue weighted by atomic mass is 16.3. The van der Waals surface area contributed by atoms with Gasteiger partial charge in [0.1, 0.15) is 11.2 Å². The van der Waals surface area contributed by atoms with E-state index in [0.29, 0.717) is 0 Å². The molecule has 11 rings (SSSR count). The number of nitrogens with zero attached hydrogens (tertiary/aromatic N) is 2. The Kier molecular flexibility index (Phi) is 6.08. The minimum atomic E-state index is 0.901. The van der Waals surface area contributed by atoms with Crippen LogP contribution in [-0.2, 0) is 6.42 Å². The van der Waals surface area contributed by atoms with Gasteiger partial charge in [0.05, 0.1) is 16.6 Å². The van der Waals surface area contributed by atoms with Crippen LogP contribution in [-0.4, -0.2) is 9.13 Å². The van der Waals surface area contributed by atoms with Crippen molar-refractivity contribution in [3.05, 3.63) is 175 Å². The number of benzene rings is 7. The molecule has 0 atom stereocenters. The minimum Gasteiger partial charge on any atom is -0.455 e. The van der Waals surface area contributed by atoms with E-state index in [0.717, 1.165) is 51.6 Å². The van der Waals surface area contributed by atoms with E-state index in [1.54, 1.807) is 0 Å². The summed E-state index contributed by atoms with van der Waals surface area (Å²) in [6.45, 7) is 0. The average molecular weight is 653 g/mol. The van der Waals surface area contributed by atoms with Gasteiger partial charge in [0, 0.05) is 49.6 Å². The monoisotopic (exact) mass is 652 g/mol. The topological polar surface area (TPSA) is 23.0 Å². The van der Waals surface area contributed by atoms with Crippen LogP contribution >= 0.6 is 0 Å². The van der Waals surface area contributed by atoms with Crippen LogP contribution in [0.2, 0.25) is 0 Å². The molecule has 0 spiro atoms. The summed E-state index contributed by atoms with van der Waals surface area (Å²) < 4.78 is 11.5. The van der Waals surface area contributed by atoms with Crippen molar-refractivity contribution >= 4 is 60.7 Å². The van der Waals surface area contributed by atoms with E-state index >= 15 is 0 Å². The van der Waals surface area contributed by atoms with Crippen LogP contribution in [0.15, 0.2) is 168 Å². The molecular formula is C48H32N2O. The van der Waals surface area contributed by atoms with E-state index < -0.39 is 0 Å². The normalized spacial score (nSPS) is 12.9. The van der Waals surface area contributed by atoms with Crippen molar-refractivity contribution in [3.8, 4) is 33.6 Å². The summed E-state index contributed by atoms with van der Waals surface area (Å²) in [6, 6.07) is 57.0. The van der Waals surface area contributed by atoms with E-state index in [2.05, 4.69) is 179 Å². The van der Waals surface area contributed by atoms with E-state index in [4.69, 9.17) is 4.42 Å². The van der Waals surface area contributed by atoms with Crippen LogP contribution in [0.4, 0.5) is 0 Å². The first kappa shape index (κ1) is 28.3. The van der Waals surface area contributed by atoms with E-state index in [1.807, 2.05) is 0 Å². The highest BCUT2D eigenvalue weighted by molar-refractivity contribution is 6.12. The number of fused-ring (bicyclic) bond motifs is 9. The molecule has 0 radical (unpaired) electrons. The molecule has 3 heteroatoms. The number of rotatable bonds is 4. The van der Waals surface area contributed by atoms with Crippen LogP contribution in [0.1, 0.15) is 17.7 Å². The van der Waals surface area contributed by atoms with E-state index in [-0.39, 0.29) is 0 Å². The second-order valence-corrected chi connectivity index (χ2v) is 13.6. The fraction of sp³-hybridized carbons (Fsp3) is 0.0417. The predicted molar refractivity (Wildman–Crippen MR) is 213 cm³/mol. The van der Waals surface area contributed by atoms with Crippen LogP contribution in [0.5, 0.6) is 0 Å². The van der Waals surface area contributed by atoms with Gasteiger partial charge in [-0.1, -0.05) is 103 Å². The number of aromatic nitrogens is 2. The maximum atomic E-state index is 6.68. The van der Waals surface area contributed by atoms with E-state index in [9.17, 15) is 0 Å². The lowest BCUT2D eigenvalue weighted by molar-refractivity contribution is 0.670. The molecule has 0 saturated carbocycles. The minimum absolute atomic E-state index is 0.901. The standard InChI is InChI=1S/C48H32N2O/c1-2-13-34(14-3-1)49-45-23-9-6-18-39(45)41-29-31(24-26-46(41)49)32-25-27-47-42(30-32)40-20-11-19-36(48(40)51-47)33-12-10-15-35(28-33)50-43-21-7-4-16-37(43)38-17-5-8-22-44(38)50/h1-5,7-17,19-30H,6,18H2. The number of hydrogen-bond acceptors (Lipinski definition) is 1. The van der Waals surface area contributed by atoms with Gasteiger partial charge in [-0.05, 0) is 102 Å². The lowest BCUT2D eigenvalue weighted by Crippen LogP contribution is -1.99. The molecule has 0 saturated heterocycles. The molecule has 3 nitrogen and oxygen atoms in total. The van der Waals surface area contributed by atoms with Gasteiger partial charge in [0.15, 0.2) is 0 Å². The summed E-state index contributed by atoms with van der Waals surface area (Å²) in [5, 5.41) is 6.12. The average Bonchev–Trinajstić information content (AvgIpc) is 3.85. The third-order valence-electron chi connectivity index (χ3n) is 10.8. The smallest absolute Gasteiger partial charge is 0.143 e. The Balaban J connectivity index is 1.04. The summed E-state index contributed by atoms with van der Waals surface area (Å²) >= 11 is 0. The number of allylic oxidation sites excluding steroid dienone is 1. The van der Waals surface area contributed by atoms with Crippen LogP contribution in [0, 0.1) is 0 Å². The Labute approximate surface area is 294 Å². The summed E-state index contributed by atoms with van der Waals surface area (Å²) in [5.74, 6) is 0. The van der Waals surface area contributed by atoms with Crippen molar-refractivity contribution in [1.29, 1.82) is 0 Å². The maximum absolute atomic E-state index is 6.68. The molecule has 1 aliphatic rings. The second-order valence-electron chi connectivity index (χ2n) is 13.6. The van der Waals surface area contributed by atoms with Gasteiger partial charge in [-0.25, -0.2) is 0 Å². The number of aryl methyl sites for hydroxylation is 1. The summed E-state index contributed by atoms with van der Waals surface area (Å²) in [5.41, 5.74) is 15.2. The van der Waals surface area contributed by atoms with E-state index in [1.165, 1.54) is 60.8 Å². The molecule has 0 fully saturated rings. The fourth-order valence-corrected chi connectivity index (χ4v) is 8.49. The Bertz CT molecular complexity index is 2970. The molecule has 240 valence electrons. The van der Waals surface area contributed by atoms with Crippen molar-refractivity contribution < 1.29 is 4.42 Å². The lowest BCUT2D eigenvalue weighted by atomic mass is 9.97. The Morgan fingerprint density at radius 3 is 1.94 bits per heavy atom. The molecule has 10 aromatic rings. The van der Waals surface area contributed by atoms with Crippen molar-refractivity contribution in [2.24, 2.45) is 0 Å². The molecule has 0 N–H and O–H groups in total. The molecule has 0 amide bonds. The maximum Gasteiger partial charge on any atom is 0.143 e. The van der Waals surface area contributed by atoms with Crippen molar-refractivity contribution in [3.63, 3.8) is 0 Å². The number of furan rings is 1. The van der Waals surface area contributed by atoms with Gasteiger partial charge in [-0.3, -0.25) is 0 Å². The number of para-hydroxylation sites is 4. The van der Waals surface area contributed by atoms with Crippen LogP contribution in [0.25, 0.3) is 94.4 Å². The van der Waals surface area contributed by atoms with Crippen molar-refractivity contribution in [2.45, 2.75) is 12.8 Å². The first-order chi connectivity index (χ1) is 25.3. The number of hydrogen-bond donors (Lipinski definition) is 0. The zero-order valence-corrected chi connectivity index (χ0v) is 27.9. The van der Waals surface area contributed by atoms with Crippen LogP contribution < -0.4 is 0 Å². The Morgan fingerprint density at radius 2 is 1.12 bits per heavy atom. The second kappa shape index (κ2) is 11.0. The summed E-state index contributed by atoms with van der Waals surface area (Å²) in [7, 11) is 0. The third kappa shape index (κ3) is 4.25. The summed E-state index contributed by atoms with van der Waals surface area (Å²) in [6.07, 6.45) is 6.72. The van der Waals surface area contributed by atoms with Gasteiger partial charge in [-0.2, -0.15) is 0 Å². The first-order valence-electron chi connectivity index (χ1n) is 17.7.